The van der Waals surface area contributed by atoms with E-state index in [0.29, 0.717) is 23.1 Å². The molecule has 9 rings (SSSR count). The Bertz CT molecular complexity index is 1890. The first-order valence-corrected chi connectivity index (χ1v) is 14.5. The number of anilines is 1. The van der Waals surface area contributed by atoms with E-state index >= 15 is 0 Å². The standard InChI is InChI=1S/C35H25N3S/c1-5-13-29-23(9-1)24-10-2-6-14-30(24)37(29)22-17-18-33-28(21-22)27-19-20-36-35(34(27)39-33)38-31-15-7-3-11-25(31)26-12-4-8-16-32(26)38/h1-21,23,28-29,33H. The second kappa shape index (κ2) is 8.11. The minimum absolute atomic E-state index is 0.314. The van der Waals surface area contributed by atoms with Crippen molar-refractivity contribution in [2.24, 2.45) is 0 Å². The minimum atomic E-state index is 0.314. The molecule has 4 atom stereocenters. The summed E-state index contributed by atoms with van der Waals surface area (Å²) < 4.78 is 2.36. The number of para-hydroxylation sites is 3. The lowest BCUT2D eigenvalue weighted by Gasteiger charge is -2.32. The van der Waals surface area contributed by atoms with E-state index in [1.165, 1.54) is 49.2 Å². The van der Waals surface area contributed by atoms with E-state index in [0.717, 1.165) is 5.82 Å². The summed E-state index contributed by atoms with van der Waals surface area (Å²) in [6.07, 6.45) is 18.4. The van der Waals surface area contributed by atoms with Gasteiger partial charge in [0.15, 0.2) is 5.82 Å². The quantitative estimate of drug-likeness (QED) is 0.234. The van der Waals surface area contributed by atoms with Crippen molar-refractivity contribution < 1.29 is 0 Å². The Morgan fingerprint density at radius 3 is 2.28 bits per heavy atom. The van der Waals surface area contributed by atoms with Gasteiger partial charge in [-0.05, 0) is 41.5 Å². The molecule has 0 saturated heterocycles. The van der Waals surface area contributed by atoms with Crippen molar-refractivity contribution in [3.8, 4) is 5.82 Å². The van der Waals surface area contributed by atoms with E-state index in [4.69, 9.17) is 4.98 Å². The summed E-state index contributed by atoms with van der Waals surface area (Å²) in [4.78, 5) is 8.84. The Balaban J connectivity index is 1.19. The van der Waals surface area contributed by atoms with Crippen molar-refractivity contribution in [3.63, 3.8) is 0 Å². The molecule has 2 aliphatic heterocycles. The third kappa shape index (κ3) is 2.98. The van der Waals surface area contributed by atoms with Crippen LogP contribution in [0.25, 0.3) is 27.6 Å². The van der Waals surface area contributed by atoms with Gasteiger partial charge in [0.1, 0.15) is 0 Å². The van der Waals surface area contributed by atoms with Crippen LogP contribution >= 0.6 is 11.8 Å². The number of aromatic nitrogens is 2. The minimum Gasteiger partial charge on any atom is -0.334 e. The molecule has 39 heavy (non-hydrogen) atoms. The van der Waals surface area contributed by atoms with Gasteiger partial charge in [-0.3, -0.25) is 4.57 Å². The Kier molecular flexibility index (Phi) is 4.50. The number of benzene rings is 3. The SMILES string of the molecule is C1=CC2c3ccccc3N(C3=CC4c5ccnc(-n6c7ccccc7c7ccccc76)c5SC4C=C3)C2C=C1. The Labute approximate surface area is 231 Å². The number of rotatable bonds is 2. The normalized spacial score (nSPS) is 24.1. The zero-order chi connectivity index (χ0) is 25.5. The number of hydrogen-bond acceptors (Lipinski definition) is 3. The van der Waals surface area contributed by atoms with Gasteiger partial charge in [0.2, 0.25) is 0 Å². The lowest BCUT2D eigenvalue weighted by atomic mass is 9.90. The van der Waals surface area contributed by atoms with E-state index in [1.54, 1.807) is 0 Å². The maximum absolute atomic E-state index is 5.00. The molecule has 0 spiro atoms. The number of pyridine rings is 1. The first-order chi connectivity index (χ1) is 19.4. The molecular weight excluding hydrogens is 494 g/mol. The molecule has 3 nitrogen and oxygen atoms in total. The van der Waals surface area contributed by atoms with Gasteiger partial charge < -0.3 is 4.90 Å². The van der Waals surface area contributed by atoms with Gasteiger partial charge in [0.05, 0.1) is 22.0 Å². The Morgan fingerprint density at radius 1 is 0.692 bits per heavy atom. The highest BCUT2D eigenvalue weighted by atomic mass is 32.2. The van der Waals surface area contributed by atoms with Crippen molar-refractivity contribution in [3.05, 3.63) is 144 Å². The van der Waals surface area contributed by atoms with Gasteiger partial charge in [-0.25, -0.2) is 4.98 Å². The van der Waals surface area contributed by atoms with Crippen LogP contribution in [0.3, 0.4) is 0 Å². The first kappa shape index (κ1) is 21.6. The number of hydrogen-bond donors (Lipinski definition) is 0. The van der Waals surface area contributed by atoms with Gasteiger partial charge >= 0.3 is 0 Å². The zero-order valence-corrected chi connectivity index (χ0v) is 22.0. The van der Waals surface area contributed by atoms with Crippen molar-refractivity contribution in [2.45, 2.75) is 28.0 Å². The number of fused-ring (bicyclic) bond motifs is 9. The lowest BCUT2D eigenvalue weighted by Crippen LogP contribution is -2.33. The van der Waals surface area contributed by atoms with E-state index in [9.17, 15) is 0 Å². The Morgan fingerprint density at radius 2 is 1.44 bits per heavy atom. The number of allylic oxidation sites excluding steroid dienone is 4. The molecule has 0 bridgehead atoms. The molecule has 0 fully saturated rings. The van der Waals surface area contributed by atoms with E-state index in [1.807, 2.05) is 18.0 Å². The van der Waals surface area contributed by atoms with Crippen LogP contribution in [-0.2, 0) is 0 Å². The number of thioether (sulfide) groups is 1. The molecule has 186 valence electrons. The fourth-order valence-corrected chi connectivity index (χ4v) is 8.45. The molecule has 0 radical (unpaired) electrons. The van der Waals surface area contributed by atoms with Crippen LogP contribution in [0.1, 0.15) is 23.0 Å². The summed E-state index contributed by atoms with van der Waals surface area (Å²) in [7, 11) is 0. The first-order valence-electron chi connectivity index (χ1n) is 13.6. The molecule has 3 aromatic carbocycles. The maximum Gasteiger partial charge on any atom is 0.151 e. The van der Waals surface area contributed by atoms with E-state index in [2.05, 4.69) is 131 Å². The molecule has 2 aliphatic carbocycles. The molecule has 0 N–H and O–H groups in total. The topological polar surface area (TPSA) is 21.1 Å². The summed E-state index contributed by atoms with van der Waals surface area (Å²) in [5, 5.41) is 2.91. The van der Waals surface area contributed by atoms with Crippen molar-refractivity contribution in [1.82, 2.24) is 9.55 Å². The third-order valence-corrected chi connectivity index (χ3v) is 10.1. The van der Waals surface area contributed by atoms with Gasteiger partial charge in [0.25, 0.3) is 0 Å². The van der Waals surface area contributed by atoms with Crippen LogP contribution in [0, 0.1) is 0 Å². The second-order valence-electron chi connectivity index (χ2n) is 10.7. The summed E-state index contributed by atoms with van der Waals surface area (Å²) in [6, 6.07) is 28.8. The largest absolute Gasteiger partial charge is 0.334 e. The van der Waals surface area contributed by atoms with Gasteiger partial charge in [0, 0.05) is 45.4 Å². The monoisotopic (exact) mass is 519 g/mol. The molecular formula is C35H25N3S. The summed E-state index contributed by atoms with van der Waals surface area (Å²) >= 11 is 1.96. The fourth-order valence-electron chi connectivity index (χ4n) is 7.06. The fraction of sp³-hybridized carbons (Fsp3) is 0.114. The van der Waals surface area contributed by atoms with Crippen LogP contribution in [0.15, 0.2) is 138 Å². The van der Waals surface area contributed by atoms with Crippen LogP contribution in [0.5, 0.6) is 0 Å². The molecule has 0 saturated carbocycles. The molecule has 5 aromatic rings. The van der Waals surface area contributed by atoms with Crippen LogP contribution in [0.4, 0.5) is 5.69 Å². The molecule has 0 amide bonds. The average Bonchev–Trinajstić information content (AvgIpc) is 3.65. The van der Waals surface area contributed by atoms with Crippen LogP contribution in [0.2, 0.25) is 0 Å². The highest BCUT2D eigenvalue weighted by Gasteiger charge is 2.41. The predicted molar refractivity (Wildman–Crippen MR) is 162 cm³/mol. The molecule has 2 aromatic heterocycles. The molecule has 4 unspecified atom stereocenters. The maximum atomic E-state index is 5.00. The highest BCUT2D eigenvalue weighted by Crippen LogP contribution is 2.53. The molecule has 4 heteroatoms. The van der Waals surface area contributed by atoms with Gasteiger partial charge in [-0.15, -0.1) is 11.8 Å². The molecule has 4 aliphatic rings. The van der Waals surface area contributed by atoms with Crippen molar-refractivity contribution in [2.75, 3.05) is 4.90 Å². The van der Waals surface area contributed by atoms with Crippen LogP contribution in [-0.4, -0.2) is 20.8 Å². The smallest absolute Gasteiger partial charge is 0.151 e. The summed E-state index contributed by atoms with van der Waals surface area (Å²) in [6.45, 7) is 0. The summed E-state index contributed by atoms with van der Waals surface area (Å²) in [5.41, 5.74) is 7.82. The van der Waals surface area contributed by atoms with Gasteiger partial charge in [-0.1, -0.05) is 91.1 Å². The number of nitrogens with zero attached hydrogens (tertiary/aromatic N) is 3. The van der Waals surface area contributed by atoms with E-state index < -0.39 is 0 Å². The lowest BCUT2D eigenvalue weighted by molar-refractivity contribution is 0.720. The van der Waals surface area contributed by atoms with Crippen molar-refractivity contribution in [1.29, 1.82) is 0 Å². The Hall–Kier alpha value is -4.28. The van der Waals surface area contributed by atoms with E-state index in [-0.39, 0.29) is 0 Å². The van der Waals surface area contributed by atoms with Gasteiger partial charge in [-0.2, -0.15) is 0 Å². The molecule has 4 heterocycles. The van der Waals surface area contributed by atoms with Crippen LogP contribution < -0.4 is 4.90 Å². The second-order valence-corrected chi connectivity index (χ2v) is 11.9. The third-order valence-electron chi connectivity index (χ3n) is 8.72. The summed E-state index contributed by atoms with van der Waals surface area (Å²) in [5.74, 6) is 1.75. The predicted octanol–water partition coefficient (Wildman–Crippen LogP) is 8.29. The van der Waals surface area contributed by atoms with Crippen molar-refractivity contribution >= 4 is 39.3 Å². The highest BCUT2D eigenvalue weighted by molar-refractivity contribution is 8.00. The average molecular weight is 520 g/mol. The zero-order valence-electron chi connectivity index (χ0n) is 21.2.